The molecule has 4 aromatic rings. The van der Waals surface area contributed by atoms with Gasteiger partial charge in [-0.15, -0.1) is 5.10 Å². The zero-order valence-corrected chi connectivity index (χ0v) is 21.3. The Bertz CT molecular complexity index is 1550. The van der Waals surface area contributed by atoms with Crippen molar-refractivity contribution < 1.29 is 14.4 Å². The topological polar surface area (TPSA) is 139 Å². The number of likely N-dealkylation sites (tertiary alicyclic amines) is 1. The summed E-state index contributed by atoms with van der Waals surface area (Å²) in [5, 5.41) is 16.3. The molecule has 0 unspecified atom stereocenters. The van der Waals surface area contributed by atoms with E-state index >= 15 is 0 Å². The third kappa shape index (κ3) is 5.08. The van der Waals surface area contributed by atoms with E-state index in [2.05, 4.69) is 49.8 Å². The molecule has 0 aliphatic carbocycles. The number of rotatable bonds is 6. The Kier molecular flexibility index (Phi) is 6.49. The lowest BCUT2D eigenvalue weighted by Crippen LogP contribution is -2.50. The summed E-state index contributed by atoms with van der Waals surface area (Å²) in [4.78, 5) is 39.0. The van der Waals surface area contributed by atoms with Gasteiger partial charge < -0.3 is 5.73 Å². The number of nitrogens with two attached hydrogens (primary N) is 1. The second-order valence-corrected chi connectivity index (χ2v) is 9.98. The van der Waals surface area contributed by atoms with Crippen LogP contribution in [0.4, 0.5) is 10.6 Å². The van der Waals surface area contributed by atoms with Crippen molar-refractivity contribution in [1.29, 1.82) is 0 Å². The fourth-order valence-electron chi connectivity index (χ4n) is 5.34. The Hall–Kier alpha value is -4.64. The van der Waals surface area contributed by atoms with Crippen LogP contribution in [0.15, 0.2) is 60.8 Å². The fraction of sp³-hybridized carbons (Fsp3) is 0.286. The number of aromatic nitrogens is 4. The van der Waals surface area contributed by atoms with Crippen molar-refractivity contribution in [2.24, 2.45) is 5.73 Å². The number of imide groups is 1. The number of hydrogen-bond donors (Lipinski definition) is 2. The van der Waals surface area contributed by atoms with Crippen molar-refractivity contribution in [3.63, 3.8) is 0 Å². The van der Waals surface area contributed by atoms with E-state index in [1.54, 1.807) is 16.8 Å². The number of amides is 4. The number of benzene rings is 2. The minimum absolute atomic E-state index is 0.250. The zero-order valence-electron chi connectivity index (χ0n) is 21.3. The maximum absolute atomic E-state index is 12.1. The minimum Gasteiger partial charge on any atom is -0.366 e. The molecule has 6 rings (SSSR count). The summed E-state index contributed by atoms with van der Waals surface area (Å²) in [6.07, 6.45) is 4.35. The first-order valence-electron chi connectivity index (χ1n) is 13.0. The monoisotopic (exact) mass is 524 g/mol. The third-order valence-electron chi connectivity index (χ3n) is 7.36. The Balaban J connectivity index is 1.11. The van der Waals surface area contributed by atoms with Crippen LogP contribution in [-0.4, -0.2) is 62.4 Å². The molecule has 198 valence electrons. The minimum atomic E-state index is -0.489. The molecule has 1 atom stereocenters. The predicted octanol–water partition coefficient (Wildman–Crippen LogP) is 2.74. The molecule has 2 aliphatic rings. The number of anilines is 1. The van der Waals surface area contributed by atoms with Crippen LogP contribution in [0.1, 0.15) is 46.8 Å². The number of piperidine rings is 1. The molecule has 4 heterocycles. The number of hydrogen-bond acceptors (Lipinski definition) is 7. The Morgan fingerprint density at radius 3 is 2.62 bits per heavy atom. The highest BCUT2D eigenvalue weighted by Gasteiger charge is 2.26. The van der Waals surface area contributed by atoms with Gasteiger partial charge in [0, 0.05) is 37.6 Å². The molecule has 11 nitrogen and oxygen atoms in total. The van der Waals surface area contributed by atoms with Crippen molar-refractivity contribution in [2.75, 3.05) is 24.5 Å². The highest BCUT2D eigenvalue weighted by atomic mass is 16.2. The highest BCUT2D eigenvalue weighted by Crippen LogP contribution is 2.29. The molecule has 39 heavy (non-hydrogen) atoms. The molecule has 2 aliphatic heterocycles. The van der Waals surface area contributed by atoms with Gasteiger partial charge in [-0.2, -0.15) is 10.2 Å². The summed E-state index contributed by atoms with van der Waals surface area (Å²) < 4.78 is 1.78. The molecule has 0 spiro atoms. The quantitative estimate of drug-likeness (QED) is 0.395. The second-order valence-electron chi connectivity index (χ2n) is 9.98. The van der Waals surface area contributed by atoms with E-state index in [4.69, 9.17) is 5.73 Å². The first-order valence-corrected chi connectivity index (χ1v) is 13.0. The van der Waals surface area contributed by atoms with Gasteiger partial charge in [-0.1, -0.05) is 24.3 Å². The van der Waals surface area contributed by atoms with E-state index < -0.39 is 11.9 Å². The van der Waals surface area contributed by atoms with Gasteiger partial charge >= 0.3 is 6.03 Å². The van der Waals surface area contributed by atoms with Gasteiger partial charge in [-0.05, 0) is 61.2 Å². The number of urea groups is 1. The lowest BCUT2D eigenvalue weighted by Gasteiger charge is -2.32. The van der Waals surface area contributed by atoms with Gasteiger partial charge in [0.15, 0.2) is 5.82 Å². The summed E-state index contributed by atoms with van der Waals surface area (Å²) in [5.74, 6) is 0.0741. The smallest absolute Gasteiger partial charge is 0.329 e. The van der Waals surface area contributed by atoms with Gasteiger partial charge in [0.25, 0.3) is 5.91 Å². The van der Waals surface area contributed by atoms with Gasteiger partial charge in [0.05, 0.1) is 16.9 Å². The average Bonchev–Trinajstić information content (AvgIpc) is 3.38. The largest absolute Gasteiger partial charge is 0.366 e. The van der Waals surface area contributed by atoms with Crippen LogP contribution in [0.2, 0.25) is 0 Å². The predicted molar refractivity (Wildman–Crippen MR) is 144 cm³/mol. The number of carbonyl (C=O) groups excluding carboxylic acids is 3. The van der Waals surface area contributed by atoms with E-state index in [0.29, 0.717) is 35.9 Å². The van der Waals surface area contributed by atoms with Crippen molar-refractivity contribution in [3.05, 3.63) is 77.6 Å². The Morgan fingerprint density at radius 1 is 1.03 bits per heavy atom. The summed E-state index contributed by atoms with van der Waals surface area (Å²) in [7, 11) is 0. The van der Waals surface area contributed by atoms with Crippen molar-refractivity contribution in [1.82, 2.24) is 30.2 Å². The van der Waals surface area contributed by atoms with Crippen LogP contribution in [0.25, 0.3) is 16.6 Å². The van der Waals surface area contributed by atoms with Crippen LogP contribution in [0, 0.1) is 0 Å². The average molecular weight is 525 g/mol. The molecular formula is C28H28N8O3. The van der Waals surface area contributed by atoms with Crippen LogP contribution < -0.4 is 16.0 Å². The van der Waals surface area contributed by atoms with E-state index in [-0.39, 0.29) is 12.3 Å². The summed E-state index contributed by atoms with van der Waals surface area (Å²) in [6.45, 7) is 2.87. The number of nitrogens with zero attached hydrogens (tertiary/aromatic N) is 6. The van der Waals surface area contributed by atoms with Gasteiger partial charge in [-0.25, -0.2) is 9.48 Å². The van der Waals surface area contributed by atoms with Crippen molar-refractivity contribution >= 4 is 34.6 Å². The second kappa shape index (κ2) is 10.3. The molecule has 4 amide bonds. The highest BCUT2D eigenvalue weighted by molar-refractivity contribution is 6.05. The summed E-state index contributed by atoms with van der Waals surface area (Å²) in [5.41, 5.74) is 9.55. The van der Waals surface area contributed by atoms with Crippen molar-refractivity contribution in [3.8, 4) is 5.69 Å². The number of nitrogens with one attached hydrogen (secondary N) is 1. The molecule has 0 saturated carbocycles. The lowest BCUT2D eigenvalue weighted by molar-refractivity contribution is -0.120. The number of carbonyl (C=O) groups is 3. The summed E-state index contributed by atoms with van der Waals surface area (Å²) >= 11 is 0. The van der Waals surface area contributed by atoms with Crippen LogP contribution in [0.5, 0.6) is 0 Å². The van der Waals surface area contributed by atoms with Gasteiger partial charge in [0.1, 0.15) is 5.52 Å². The van der Waals surface area contributed by atoms with Gasteiger partial charge in [0.2, 0.25) is 5.91 Å². The molecule has 3 N–H and O–H groups in total. The van der Waals surface area contributed by atoms with E-state index in [1.165, 1.54) is 10.5 Å². The first kappa shape index (κ1) is 24.7. The first-order chi connectivity index (χ1) is 18.9. The number of primary amides is 1. The van der Waals surface area contributed by atoms with Crippen LogP contribution >= 0.6 is 0 Å². The molecule has 11 heteroatoms. The van der Waals surface area contributed by atoms with E-state index in [1.807, 2.05) is 24.4 Å². The Morgan fingerprint density at radius 2 is 1.87 bits per heavy atom. The molecule has 2 fully saturated rings. The normalized spacial score (nSPS) is 18.4. The molecular weight excluding hydrogens is 496 g/mol. The molecule has 0 bridgehead atoms. The van der Waals surface area contributed by atoms with Gasteiger partial charge in [-0.3, -0.25) is 24.7 Å². The van der Waals surface area contributed by atoms with Crippen molar-refractivity contribution in [2.45, 2.75) is 31.7 Å². The maximum atomic E-state index is 12.1. The maximum Gasteiger partial charge on any atom is 0.329 e. The van der Waals surface area contributed by atoms with E-state index in [0.717, 1.165) is 42.7 Å². The lowest BCUT2D eigenvalue weighted by atomic mass is 9.90. The summed E-state index contributed by atoms with van der Waals surface area (Å²) in [6, 6.07) is 17.0. The zero-order chi connectivity index (χ0) is 26.9. The standard InChI is InChI=1S/C28H28N8O3/c29-27(38)23-5-1-3-20-16-36(33-26(20)23)22-9-6-18(7-10-22)19-4-2-13-34(15-19)17-21-8-11-24(32-31-21)35-14-12-25(37)30-28(35)39/h1,3,5-11,16,19H,2,4,12-15,17H2,(H2,29,38)(H,30,37,39)/t19-/m1/s1. The Labute approximate surface area is 224 Å². The van der Waals surface area contributed by atoms with E-state index in [9.17, 15) is 14.4 Å². The van der Waals surface area contributed by atoms with Crippen LogP contribution in [-0.2, 0) is 11.3 Å². The fourth-order valence-corrected chi connectivity index (χ4v) is 5.34. The molecule has 2 saturated heterocycles. The molecule has 2 aromatic heterocycles. The molecule has 0 radical (unpaired) electrons. The van der Waals surface area contributed by atoms with Crippen LogP contribution in [0.3, 0.4) is 0 Å². The molecule has 2 aromatic carbocycles. The SMILES string of the molecule is NC(=O)c1cccc2cn(-c3ccc([C@@H]4CCCN(Cc5ccc(N6CCC(=O)NC6=O)nn5)C4)cc3)nc12. The third-order valence-corrected chi connectivity index (χ3v) is 7.36. The number of fused-ring (bicyclic) bond motifs is 1.